The first-order valence-electron chi connectivity index (χ1n) is 11.8. The second-order valence-corrected chi connectivity index (χ2v) is 10.4. The molecule has 0 aliphatic rings. The third-order valence-electron chi connectivity index (χ3n) is 5.39. The van der Waals surface area contributed by atoms with E-state index in [4.69, 9.17) is 4.74 Å². The minimum atomic E-state index is -0.639. The highest BCUT2D eigenvalue weighted by atomic mass is 32.1. The molecule has 2 heterocycles. The number of hydrogen-bond donors (Lipinski definition) is 2. The summed E-state index contributed by atoms with van der Waals surface area (Å²) in [5.74, 6) is 0.338. The van der Waals surface area contributed by atoms with Gasteiger partial charge in [-0.05, 0) is 44.5 Å². The summed E-state index contributed by atoms with van der Waals surface area (Å²) in [4.78, 5) is 39.4. The number of carbonyl (C=O) groups excluding carboxylic acids is 2. The van der Waals surface area contributed by atoms with Crippen molar-refractivity contribution in [3.05, 3.63) is 81.6 Å². The van der Waals surface area contributed by atoms with Gasteiger partial charge in [0.25, 0.3) is 5.91 Å². The molecule has 9 nitrogen and oxygen atoms in total. The third kappa shape index (κ3) is 6.92. The number of imidazole rings is 1. The molecule has 0 spiro atoms. The molecule has 4 rings (SSSR count). The fourth-order valence-corrected chi connectivity index (χ4v) is 4.40. The lowest BCUT2D eigenvalue weighted by Gasteiger charge is -2.26. The lowest BCUT2D eigenvalue weighted by molar-refractivity contribution is 0.0231. The molecule has 37 heavy (non-hydrogen) atoms. The molecule has 2 aromatic carbocycles. The Morgan fingerprint density at radius 2 is 1.89 bits per heavy atom. The van der Waals surface area contributed by atoms with Gasteiger partial charge in [0.05, 0.1) is 34.2 Å². The van der Waals surface area contributed by atoms with Crippen molar-refractivity contribution < 1.29 is 14.3 Å². The Bertz CT molecular complexity index is 1410. The Hall–Kier alpha value is -4.23. The van der Waals surface area contributed by atoms with Crippen LogP contribution in [0.4, 0.5) is 4.79 Å². The number of thiazole rings is 1. The van der Waals surface area contributed by atoms with Gasteiger partial charge >= 0.3 is 6.09 Å². The van der Waals surface area contributed by atoms with Crippen molar-refractivity contribution in [2.75, 3.05) is 6.54 Å². The summed E-state index contributed by atoms with van der Waals surface area (Å²) < 4.78 is 5.61. The number of rotatable bonds is 8. The summed E-state index contributed by atoms with van der Waals surface area (Å²) in [6, 6.07) is 16.9. The molecule has 2 N–H and O–H groups in total. The van der Waals surface area contributed by atoms with E-state index in [9.17, 15) is 14.9 Å². The molecule has 0 aliphatic carbocycles. The van der Waals surface area contributed by atoms with E-state index >= 15 is 0 Å². The standard InChI is InChI=1S/C27H28N6O3S/c1-27(2,3)36-26(35)33(16-23-30-20-10-6-7-11-21(20)31-23)13-12-24-32-22(17-37-24)25(34)29-15-19-9-5-4-8-18(19)14-28/h4-11,17H,12-13,15-16H2,1-3H3,(H,29,34)(H,30,31). The van der Waals surface area contributed by atoms with Crippen LogP contribution in [0.25, 0.3) is 11.0 Å². The van der Waals surface area contributed by atoms with Crippen LogP contribution >= 0.6 is 11.3 Å². The molecule has 2 aromatic heterocycles. The molecule has 10 heteroatoms. The van der Waals surface area contributed by atoms with E-state index in [0.29, 0.717) is 30.0 Å². The fourth-order valence-electron chi connectivity index (χ4n) is 3.63. The molecule has 0 fully saturated rings. The van der Waals surface area contributed by atoms with Crippen LogP contribution in [0.3, 0.4) is 0 Å². The molecule has 2 amide bonds. The number of nitriles is 1. The summed E-state index contributed by atoms with van der Waals surface area (Å²) in [5.41, 5.74) is 2.65. The lowest BCUT2D eigenvalue weighted by atomic mass is 10.1. The number of nitrogens with zero attached hydrogens (tertiary/aromatic N) is 4. The number of benzene rings is 2. The number of para-hydroxylation sites is 2. The molecule has 190 valence electrons. The Kier molecular flexibility index (Phi) is 7.84. The first-order chi connectivity index (χ1) is 17.7. The van der Waals surface area contributed by atoms with Crippen molar-refractivity contribution >= 4 is 34.4 Å². The van der Waals surface area contributed by atoms with Crippen LogP contribution in [0.2, 0.25) is 0 Å². The van der Waals surface area contributed by atoms with Gasteiger partial charge in [-0.15, -0.1) is 11.3 Å². The number of nitrogens with one attached hydrogen (secondary N) is 2. The van der Waals surface area contributed by atoms with Gasteiger partial charge in [0, 0.05) is 24.9 Å². The number of aromatic nitrogens is 3. The van der Waals surface area contributed by atoms with Crippen LogP contribution in [-0.4, -0.2) is 44.0 Å². The summed E-state index contributed by atoms with van der Waals surface area (Å²) in [7, 11) is 0. The Balaban J connectivity index is 1.40. The van der Waals surface area contributed by atoms with E-state index in [2.05, 4.69) is 26.3 Å². The number of hydrogen-bond acceptors (Lipinski definition) is 7. The van der Waals surface area contributed by atoms with Crippen LogP contribution < -0.4 is 5.32 Å². The largest absolute Gasteiger partial charge is 0.444 e. The highest BCUT2D eigenvalue weighted by Crippen LogP contribution is 2.17. The smallest absolute Gasteiger partial charge is 0.410 e. The van der Waals surface area contributed by atoms with Crippen LogP contribution in [0, 0.1) is 11.3 Å². The molecular weight excluding hydrogens is 488 g/mol. The second kappa shape index (κ2) is 11.2. The second-order valence-electron chi connectivity index (χ2n) is 9.43. The fraction of sp³-hybridized carbons (Fsp3) is 0.296. The van der Waals surface area contributed by atoms with Crippen molar-refractivity contribution in [1.82, 2.24) is 25.2 Å². The molecule has 0 aliphatic heterocycles. The summed E-state index contributed by atoms with van der Waals surface area (Å²) in [6.07, 6.45) is 0.00735. The van der Waals surface area contributed by atoms with Gasteiger partial charge in [0.15, 0.2) is 0 Å². The number of H-pyrrole nitrogens is 1. The number of amides is 2. The molecule has 0 saturated carbocycles. The van der Waals surface area contributed by atoms with Crippen LogP contribution in [-0.2, 0) is 24.2 Å². The monoisotopic (exact) mass is 516 g/mol. The van der Waals surface area contributed by atoms with E-state index in [1.165, 1.54) is 11.3 Å². The van der Waals surface area contributed by atoms with Gasteiger partial charge in [-0.2, -0.15) is 5.26 Å². The molecule has 0 radical (unpaired) electrons. The van der Waals surface area contributed by atoms with E-state index in [1.54, 1.807) is 28.5 Å². The van der Waals surface area contributed by atoms with E-state index < -0.39 is 11.7 Å². The molecule has 4 aromatic rings. The van der Waals surface area contributed by atoms with E-state index in [0.717, 1.165) is 21.6 Å². The van der Waals surface area contributed by atoms with Crippen molar-refractivity contribution in [2.24, 2.45) is 0 Å². The highest BCUT2D eigenvalue weighted by molar-refractivity contribution is 7.09. The van der Waals surface area contributed by atoms with Crippen molar-refractivity contribution in [3.8, 4) is 6.07 Å². The Morgan fingerprint density at radius 1 is 1.14 bits per heavy atom. The minimum Gasteiger partial charge on any atom is -0.444 e. The number of carbonyl (C=O) groups is 2. The van der Waals surface area contributed by atoms with Gasteiger partial charge in [0.1, 0.15) is 17.1 Å². The minimum absolute atomic E-state index is 0.235. The first-order valence-corrected chi connectivity index (χ1v) is 12.7. The van der Waals surface area contributed by atoms with Crippen LogP contribution in [0.1, 0.15) is 53.2 Å². The maximum absolute atomic E-state index is 12.9. The molecular formula is C27H28N6O3S. The predicted octanol–water partition coefficient (Wildman–Crippen LogP) is 4.80. The van der Waals surface area contributed by atoms with E-state index in [1.807, 2.05) is 51.1 Å². The first kappa shape index (κ1) is 25.9. The zero-order valence-corrected chi connectivity index (χ0v) is 21.8. The third-order valence-corrected chi connectivity index (χ3v) is 6.30. The maximum Gasteiger partial charge on any atom is 0.410 e. The average molecular weight is 517 g/mol. The van der Waals surface area contributed by atoms with Crippen molar-refractivity contribution in [3.63, 3.8) is 0 Å². The predicted molar refractivity (Wildman–Crippen MR) is 141 cm³/mol. The van der Waals surface area contributed by atoms with Gasteiger partial charge in [-0.1, -0.05) is 30.3 Å². The van der Waals surface area contributed by atoms with Crippen molar-refractivity contribution in [1.29, 1.82) is 5.26 Å². The van der Waals surface area contributed by atoms with Gasteiger partial charge < -0.3 is 19.9 Å². The lowest BCUT2D eigenvalue weighted by Crippen LogP contribution is -2.38. The number of ether oxygens (including phenoxy) is 1. The van der Waals surface area contributed by atoms with Crippen molar-refractivity contribution in [2.45, 2.75) is 45.9 Å². The van der Waals surface area contributed by atoms with Gasteiger partial charge in [-0.25, -0.2) is 14.8 Å². The highest BCUT2D eigenvalue weighted by Gasteiger charge is 2.24. The zero-order chi connectivity index (χ0) is 26.4. The normalized spacial score (nSPS) is 11.2. The average Bonchev–Trinajstić information content (AvgIpc) is 3.51. The summed E-state index contributed by atoms with van der Waals surface area (Å²) in [6.45, 7) is 6.30. The Labute approximate surface area is 219 Å². The molecule has 0 bridgehead atoms. The number of fused-ring (bicyclic) bond motifs is 1. The molecule has 0 saturated heterocycles. The zero-order valence-electron chi connectivity index (χ0n) is 20.9. The topological polar surface area (TPSA) is 124 Å². The molecule has 0 atom stereocenters. The Morgan fingerprint density at radius 3 is 2.65 bits per heavy atom. The van der Waals surface area contributed by atoms with Crippen LogP contribution in [0.5, 0.6) is 0 Å². The molecule has 0 unspecified atom stereocenters. The quantitative estimate of drug-likeness (QED) is 0.347. The van der Waals surface area contributed by atoms with Gasteiger partial charge in [0.2, 0.25) is 0 Å². The summed E-state index contributed by atoms with van der Waals surface area (Å²) in [5, 5.41) is 14.5. The number of aromatic amines is 1. The summed E-state index contributed by atoms with van der Waals surface area (Å²) >= 11 is 1.36. The van der Waals surface area contributed by atoms with Gasteiger partial charge in [-0.3, -0.25) is 4.79 Å². The SMILES string of the molecule is CC(C)(C)OC(=O)N(CCc1nc(C(=O)NCc2ccccc2C#N)cs1)Cc1nc2ccccc2[nH]1. The van der Waals surface area contributed by atoms with E-state index in [-0.39, 0.29) is 19.0 Å². The van der Waals surface area contributed by atoms with Crippen LogP contribution in [0.15, 0.2) is 53.9 Å². The maximum atomic E-state index is 12.9.